The highest BCUT2D eigenvalue weighted by Crippen LogP contribution is 2.27. The lowest BCUT2D eigenvalue weighted by atomic mass is 10.0. The van der Waals surface area contributed by atoms with Gasteiger partial charge in [0.05, 0.1) is 12.6 Å². The van der Waals surface area contributed by atoms with Crippen LogP contribution in [0.3, 0.4) is 0 Å². The summed E-state index contributed by atoms with van der Waals surface area (Å²) < 4.78 is 2.17. The number of aromatic hydroxyl groups is 1. The Kier molecular flexibility index (Phi) is 3.25. The molecule has 19 heavy (non-hydrogen) atoms. The highest BCUT2D eigenvalue weighted by molar-refractivity contribution is 5.29. The van der Waals surface area contributed by atoms with E-state index in [0.29, 0.717) is 6.42 Å². The van der Waals surface area contributed by atoms with Crippen molar-refractivity contribution in [2.45, 2.75) is 31.7 Å². The van der Waals surface area contributed by atoms with Crippen LogP contribution in [0.5, 0.6) is 5.75 Å². The Labute approximate surface area is 112 Å². The molecule has 1 aromatic carbocycles. The van der Waals surface area contributed by atoms with E-state index in [0.717, 1.165) is 30.7 Å². The zero-order valence-corrected chi connectivity index (χ0v) is 10.8. The molecule has 1 aliphatic heterocycles. The monoisotopic (exact) mass is 258 g/mol. The van der Waals surface area contributed by atoms with Crippen molar-refractivity contribution in [2.24, 2.45) is 0 Å². The van der Waals surface area contributed by atoms with Crippen molar-refractivity contribution < 1.29 is 10.2 Å². The van der Waals surface area contributed by atoms with Crippen molar-refractivity contribution in [2.75, 3.05) is 6.61 Å². The third-order valence-electron chi connectivity index (χ3n) is 3.77. The molecule has 100 valence electrons. The average Bonchev–Trinajstić information content (AvgIpc) is 2.82. The fourth-order valence-corrected chi connectivity index (χ4v) is 2.87. The van der Waals surface area contributed by atoms with Gasteiger partial charge >= 0.3 is 0 Å². The minimum absolute atomic E-state index is 0.151. The maximum atomic E-state index is 9.51. The van der Waals surface area contributed by atoms with Crippen LogP contribution in [0.1, 0.15) is 36.0 Å². The van der Waals surface area contributed by atoms with E-state index < -0.39 is 0 Å². The van der Waals surface area contributed by atoms with E-state index in [4.69, 9.17) is 0 Å². The van der Waals surface area contributed by atoms with Crippen LogP contribution in [0.15, 0.2) is 30.5 Å². The number of phenolic OH excluding ortho intramolecular Hbond substituents is 1. The topological polar surface area (TPSA) is 58.3 Å². The van der Waals surface area contributed by atoms with Gasteiger partial charge in [0.15, 0.2) is 0 Å². The SMILES string of the molecule is OCC1CCCc2cnc(Cc3cccc(O)c3)n21. The van der Waals surface area contributed by atoms with Gasteiger partial charge in [0.25, 0.3) is 0 Å². The van der Waals surface area contributed by atoms with Gasteiger partial charge < -0.3 is 14.8 Å². The number of rotatable bonds is 3. The Morgan fingerprint density at radius 3 is 3.05 bits per heavy atom. The van der Waals surface area contributed by atoms with Crippen LogP contribution in [0.2, 0.25) is 0 Å². The minimum atomic E-state index is 0.151. The van der Waals surface area contributed by atoms with Crippen molar-refractivity contribution >= 4 is 0 Å². The molecule has 1 aromatic heterocycles. The number of phenols is 1. The molecule has 0 spiro atoms. The number of hydrogen-bond acceptors (Lipinski definition) is 3. The molecule has 2 heterocycles. The van der Waals surface area contributed by atoms with E-state index in [1.807, 2.05) is 18.3 Å². The van der Waals surface area contributed by atoms with Gasteiger partial charge in [-0.3, -0.25) is 0 Å². The van der Waals surface area contributed by atoms with Crippen LogP contribution in [-0.2, 0) is 12.8 Å². The number of benzene rings is 1. The number of fused-ring (bicyclic) bond motifs is 1. The molecule has 3 rings (SSSR count). The lowest BCUT2D eigenvalue weighted by molar-refractivity contribution is 0.204. The number of aliphatic hydroxyl groups is 1. The van der Waals surface area contributed by atoms with Crippen LogP contribution in [0.4, 0.5) is 0 Å². The molecule has 0 bridgehead atoms. The number of hydrogen-bond donors (Lipinski definition) is 2. The van der Waals surface area contributed by atoms with Crippen LogP contribution in [0.25, 0.3) is 0 Å². The van der Waals surface area contributed by atoms with Gasteiger partial charge in [-0.2, -0.15) is 0 Å². The summed E-state index contributed by atoms with van der Waals surface area (Å²) in [4.78, 5) is 4.49. The molecule has 0 fully saturated rings. The third kappa shape index (κ3) is 2.36. The van der Waals surface area contributed by atoms with Crippen LogP contribution < -0.4 is 0 Å². The van der Waals surface area contributed by atoms with E-state index in [9.17, 15) is 10.2 Å². The smallest absolute Gasteiger partial charge is 0.115 e. The summed E-state index contributed by atoms with van der Waals surface area (Å²) in [6, 6.07) is 7.41. The summed E-state index contributed by atoms with van der Waals surface area (Å²) in [6.45, 7) is 0.163. The number of aromatic nitrogens is 2. The standard InChI is InChI=1S/C15H18N2O2/c18-10-13-5-2-4-12-9-16-15(17(12)13)8-11-3-1-6-14(19)7-11/h1,3,6-7,9,13,18-19H,2,4-5,8,10H2. The van der Waals surface area contributed by atoms with E-state index in [1.54, 1.807) is 12.1 Å². The summed E-state index contributed by atoms with van der Waals surface area (Å²) in [5.74, 6) is 1.25. The van der Waals surface area contributed by atoms with Crippen molar-refractivity contribution in [3.63, 3.8) is 0 Å². The molecule has 2 N–H and O–H groups in total. The zero-order valence-electron chi connectivity index (χ0n) is 10.8. The fraction of sp³-hybridized carbons (Fsp3) is 0.400. The van der Waals surface area contributed by atoms with Gasteiger partial charge in [-0.15, -0.1) is 0 Å². The molecule has 1 aliphatic rings. The van der Waals surface area contributed by atoms with Crippen molar-refractivity contribution in [3.05, 3.63) is 47.5 Å². The first kappa shape index (κ1) is 12.2. The molecule has 0 saturated heterocycles. The first-order valence-corrected chi connectivity index (χ1v) is 6.71. The Bertz CT molecular complexity index is 577. The van der Waals surface area contributed by atoms with Gasteiger partial charge in [0, 0.05) is 18.3 Å². The highest BCUT2D eigenvalue weighted by atomic mass is 16.3. The molecule has 1 unspecified atom stereocenters. The molecule has 4 heteroatoms. The molecule has 0 radical (unpaired) electrons. The first-order valence-electron chi connectivity index (χ1n) is 6.71. The predicted octanol–water partition coefficient (Wildman–Crippen LogP) is 2.05. The molecular weight excluding hydrogens is 240 g/mol. The van der Waals surface area contributed by atoms with E-state index in [2.05, 4.69) is 9.55 Å². The van der Waals surface area contributed by atoms with Gasteiger partial charge in [0.2, 0.25) is 0 Å². The number of nitrogens with zero attached hydrogens (tertiary/aromatic N) is 2. The fourth-order valence-electron chi connectivity index (χ4n) is 2.87. The second-order valence-electron chi connectivity index (χ2n) is 5.11. The largest absolute Gasteiger partial charge is 0.508 e. The second-order valence-corrected chi connectivity index (χ2v) is 5.11. The van der Waals surface area contributed by atoms with E-state index in [1.165, 1.54) is 5.69 Å². The van der Waals surface area contributed by atoms with Crippen LogP contribution >= 0.6 is 0 Å². The summed E-state index contributed by atoms with van der Waals surface area (Å²) in [6.07, 6.45) is 5.75. The van der Waals surface area contributed by atoms with Crippen LogP contribution in [-0.4, -0.2) is 26.4 Å². The van der Waals surface area contributed by atoms with E-state index in [-0.39, 0.29) is 18.4 Å². The van der Waals surface area contributed by atoms with Crippen LogP contribution in [0, 0.1) is 0 Å². The van der Waals surface area contributed by atoms with E-state index >= 15 is 0 Å². The van der Waals surface area contributed by atoms with Crippen molar-refractivity contribution in [1.29, 1.82) is 0 Å². The average molecular weight is 258 g/mol. The molecular formula is C15H18N2O2. The maximum Gasteiger partial charge on any atom is 0.115 e. The number of aryl methyl sites for hydroxylation is 1. The Morgan fingerprint density at radius 1 is 1.37 bits per heavy atom. The van der Waals surface area contributed by atoms with Crippen molar-refractivity contribution in [3.8, 4) is 5.75 Å². The predicted molar refractivity (Wildman–Crippen MR) is 72.2 cm³/mol. The highest BCUT2D eigenvalue weighted by Gasteiger charge is 2.22. The molecule has 0 saturated carbocycles. The molecule has 4 nitrogen and oxygen atoms in total. The Morgan fingerprint density at radius 2 is 2.26 bits per heavy atom. The Hall–Kier alpha value is -1.81. The lowest BCUT2D eigenvalue weighted by Crippen LogP contribution is -2.22. The Balaban J connectivity index is 1.92. The summed E-state index contributed by atoms with van der Waals surface area (Å²) in [5.41, 5.74) is 2.25. The zero-order chi connectivity index (χ0) is 13.2. The van der Waals surface area contributed by atoms with Gasteiger partial charge in [-0.05, 0) is 37.0 Å². The maximum absolute atomic E-state index is 9.51. The number of imidazole rings is 1. The van der Waals surface area contributed by atoms with Gasteiger partial charge in [-0.1, -0.05) is 12.1 Å². The summed E-state index contributed by atoms with van der Waals surface area (Å²) in [5, 5.41) is 19.0. The summed E-state index contributed by atoms with van der Waals surface area (Å²) in [7, 11) is 0. The third-order valence-corrected chi connectivity index (χ3v) is 3.77. The normalized spacial score (nSPS) is 18.3. The van der Waals surface area contributed by atoms with Gasteiger partial charge in [-0.25, -0.2) is 4.98 Å². The molecule has 1 atom stereocenters. The molecule has 0 amide bonds. The van der Waals surface area contributed by atoms with Crippen molar-refractivity contribution in [1.82, 2.24) is 9.55 Å². The lowest BCUT2D eigenvalue weighted by Gasteiger charge is -2.25. The minimum Gasteiger partial charge on any atom is -0.508 e. The summed E-state index contributed by atoms with van der Waals surface area (Å²) >= 11 is 0. The quantitative estimate of drug-likeness (QED) is 0.886. The number of aliphatic hydroxyl groups excluding tert-OH is 1. The molecule has 0 aliphatic carbocycles. The second kappa shape index (κ2) is 5.05. The van der Waals surface area contributed by atoms with Gasteiger partial charge in [0.1, 0.15) is 11.6 Å². The first-order chi connectivity index (χ1) is 9.28. The molecule has 2 aromatic rings.